The van der Waals surface area contributed by atoms with Crippen molar-refractivity contribution in [1.82, 2.24) is 15.1 Å². The number of carbonyl (C=O) groups excluding carboxylic acids is 1. The van der Waals surface area contributed by atoms with Gasteiger partial charge in [-0.2, -0.15) is 26.2 Å². The van der Waals surface area contributed by atoms with Gasteiger partial charge in [0.25, 0.3) is 0 Å². The average Bonchev–Trinajstić information content (AvgIpc) is 3.64. The third kappa shape index (κ3) is 5.60. The Morgan fingerprint density at radius 3 is 2.40 bits per heavy atom. The van der Waals surface area contributed by atoms with Crippen LogP contribution in [0.15, 0.2) is 48.7 Å². The minimum atomic E-state index is -2.49. The van der Waals surface area contributed by atoms with Crippen LogP contribution < -0.4 is 10.2 Å². The van der Waals surface area contributed by atoms with Crippen molar-refractivity contribution in [3.63, 3.8) is 0 Å². The van der Waals surface area contributed by atoms with E-state index in [-0.39, 0.29) is 23.3 Å². The molecule has 11 heteroatoms. The Hall–Kier alpha value is -3.90. The molecular formula is C31H33FN6O3S. The zero-order chi connectivity index (χ0) is 29.5. The number of anilines is 1. The van der Waals surface area contributed by atoms with Gasteiger partial charge >= 0.3 is 0 Å². The Kier molecular flexibility index (Phi) is 7.44. The predicted molar refractivity (Wildman–Crippen MR) is 159 cm³/mol. The quantitative estimate of drug-likeness (QED) is 0.342. The third-order valence-corrected chi connectivity index (χ3v) is 10.5. The van der Waals surface area contributed by atoms with Crippen LogP contribution in [0.2, 0.25) is 0 Å². The maximum atomic E-state index is 14.1. The highest BCUT2D eigenvalue weighted by atomic mass is 32.3. The molecule has 3 aromatic rings. The normalized spacial score (nSPS) is 23.3. The molecule has 1 amide bonds. The molecule has 2 heterocycles. The number of hydrogen-bond donors (Lipinski definition) is 3. The number of nitrogens with zero attached hydrogens (tertiary/aromatic N) is 5. The van der Waals surface area contributed by atoms with Crippen molar-refractivity contribution in [1.29, 1.82) is 10.5 Å². The van der Waals surface area contributed by atoms with E-state index in [9.17, 15) is 28.8 Å². The highest BCUT2D eigenvalue weighted by molar-refractivity contribution is 8.24. The number of benzene rings is 2. The summed E-state index contributed by atoms with van der Waals surface area (Å²) in [6, 6.07) is 16.5. The minimum Gasteiger partial charge on any atom is -0.368 e. The first-order chi connectivity index (χ1) is 20.2. The van der Waals surface area contributed by atoms with E-state index >= 15 is 0 Å². The number of carbonyl (C=O) groups is 1. The molecule has 9 nitrogen and oxygen atoms in total. The van der Waals surface area contributed by atoms with Gasteiger partial charge in [0.2, 0.25) is 5.91 Å². The maximum absolute atomic E-state index is 14.1. The number of hydrogen-bond acceptors (Lipinski definition) is 7. The van der Waals surface area contributed by atoms with Crippen LogP contribution in [0.25, 0.3) is 16.8 Å². The lowest BCUT2D eigenvalue weighted by atomic mass is 9.75. The molecule has 2 saturated carbocycles. The monoisotopic (exact) mass is 588 g/mol. The zero-order valence-electron chi connectivity index (χ0n) is 23.2. The van der Waals surface area contributed by atoms with Crippen molar-refractivity contribution in [3.8, 4) is 29.0 Å². The molecule has 2 aromatic carbocycles. The van der Waals surface area contributed by atoms with Gasteiger partial charge in [-0.05, 0) is 61.6 Å². The standard InChI is InChI=1S/C31H33FN6O3S/c32-28-10-9-24(17-22(28)18-33)38-19-27(21-5-7-23(8-6-21)37-13-15-42(40,41)16-14-37)29(36-38)25-3-1-2-4-26(25)30(39)35-31(20-34)11-12-31/h5-10,17,19,25-26,40-41H,1-4,11-16H2,(H,35,39)/t25-,26-/m1/s1. The molecule has 0 bridgehead atoms. The summed E-state index contributed by atoms with van der Waals surface area (Å²) < 4.78 is 35.8. The predicted octanol–water partition coefficient (Wildman–Crippen LogP) is 5.57. The number of nitriles is 2. The van der Waals surface area contributed by atoms with Gasteiger partial charge in [0.15, 0.2) is 0 Å². The molecule has 2 atom stereocenters. The lowest BCUT2D eigenvalue weighted by Crippen LogP contribution is -2.42. The molecule has 1 aliphatic heterocycles. The van der Waals surface area contributed by atoms with E-state index < -0.39 is 21.9 Å². The van der Waals surface area contributed by atoms with Crippen molar-refractivity contribution in [3.05, 3.63) is 65.7 Å². The second-order valence-corrected chi connectivity index (χ2v) is 14.0. The Labute approximate surface area is 245 Å². The SMILES string of the molecule is N#Cc1cc(-n2cc(-c3ccc(N4CCS(O)(O)CC4)cc3)c([C@@H]3CCCC[C@H]3C(=O)NC3(C#N)CC3)n2)ccc1F. The van der Waals surface area contributed by atoms with Crippen LogP contribution in [-0.4, -0.2) is 54.9 Å². The number of aromatic nitrogens is 2. The second kappa shape index (κ2) is 11.1. The van der Waals surface area contributed by atoms with Crippen LogP contribution in [0, 0.1) is 34.4 Å². The van der Waals surface area contributed by atoms with Gasteiger partial charge in [-0.1, -0.05) is 25.0 Å². The molecule has 3 N–H and O–H groups in total. The Morgan fingerprint density at radius 2 is 1.74 bits per heavy atom. The van der Waals surface area contributed by atoms with Crippen molar-refractivity contribution in [2.75, 3.05) is 29.5 Å². The number of nitrogens with one attached hydrogen (secondary N) is 1. The molecule has 0 unspecified atom stereocenters. The molecule has 218 valence electrons. The van der Waals surface area contributed by atoms with Crippen molar-refractivity contribution < 1.29 is 18.3 Å². The highest BCUT2D eigenvalue weighted by Gasteiger charge is 2.47. The first kappa shape index (κ1) is 28.2. The summed E-state index contributed by atoms with van der Waals surface area (Å²) in [5.41, 5.74) is 3.23. The minimum absolute atomic E-state index is 0.0743. The largest absolute Gasteiger partial charge is 0.368 e. The zero-order valence-corrected chi connectivity index (χ0v) is 24.0. The van der Waals surface area contributed by atoms with Crippen LogP contribution in [0.4, 0.5) is 10.1 Å². The van der Waals surface area contributed by atoms with Crippen LogP contribution in [-0.2, 0) is 4.79 Å². The van der Waals surface area contributed by atoms with E-state index in [1.807, 2.05) is 36.5 Å². The third-order valence-electron chi connectivity index (χ3n) is 8.78. The van der Waals surface area contributed by atoms with Gasteiger partial charge in [-0.3, -0.25) is 13.9 Å². The summed E-state index contributed by atoms with van der Waals surface area (Å²) in [5.74, 6) is -0.509. The van der Waals surface area contributed by atoms with E-state index in [2.05, 4.69) is 16.3 Å². The van der Waals surface area contributed by atoms with Crippen molar-refractivity contribution in [2.45, 2.75) is 50.0 Å². The first-order valence-electron chi connectivity index (χ1n) is 14.3. The molecule has 2 aliphatic carbocycles. The molecule has 3 aliphatic rings. The van der Waals surface area contributed by atoms with Gasteiger partial charge in [0, 0.05) is 42.4 Å². The van der Waals surface area contributed by atoms with E-state index in [0.717, 1.165) is 41.8 Å². The lowest BCUT2D eigenvalue weighted by Gasteiger charge is -2.41. The summed E-state index contributed by atoms with van der Waals surface area (Å²) in [6.07, 6.45) is 6.55. The van der Waals surface area contributed by atoms with Gasteiger partial charge in [-0.25, -0.2) is 9.07 Å². The van der Waals surface area contributed by atoms with E-state index in [1.54, 1.807) is 10.7 Å². The van der Waals surface area contributed by atoms with Crippen molar-refractivity contribution >= 4 is 22.2 Å². The topological polar surface area (TPSA) is 138 Å². The lowest BCUT2D eigenvalue weighted by molar-refractivity contribution is -0.127. The van der Waals surface area contributed by atoms with Gasteiger partial charge < -0.3 is 10.2 Å². The molecular weight excluding hydrogens is 555 g/mol. The number of halogens is 1. The van der Waals surface area contributed by atoms with Gasteiger partial charge in [-0.15, -0.1) is 0 Å². The summed E-state index contributed by atoms with van der Waals surface area (Å²) in [6.45, 7) is 1.14. The second-order valence-electron chi connectivity index (χ2n) is 11.6. The van der Waals surface area contributed by atoms with Gasteiger partial charge in [0.05, 0.1) is 34.5 Å². The van der Waals surface area contributed by atoms with Crippen LogP contribution >= 0.6 is 10.6 Å². The molecule has 6 rings (SSSR count). The van der Waals surface area contributed by atoms with Crippen LogP contribution in [0.3, 0.4) is 0 Å². The summed E-state index contributed by atoms with van der Waals surface area (Å²) >= 11 is 0. The average molecular weight is 589 g/mol. The molecule has 3 fully saturated rings. The van der Waals surface area contributed by atoms with Crippen molar-refractivity contribution in [2.24, 2.45) is 5.92 Å². The fourth-order valence-electron chi connectivity index (χ4n) is 6.08. The molecule has 0 spiro atoms. The number of rotatable bonds is 6. The van der Waals surface area contributed by atoms with E-state index in [0.29, 0.717) is 49.5 Å². The molecule has 0 radical (unpaired) electrons. The maximum Gasteiger partial charge on any atom is 0.225 e. The summed E-state index contributed by atoms with van der Waals surface area (Å²) in [4.78, 5) is 15.6. The highest BCUT2D eigenvalue weighted by Crippen LogP contribution is 2.44. The Bertz CT molecular complexity index is 1580. The summed E-state index contributed by atoms with van der Waals surface area (Å²) in [7, 11) is -2.49. The molecule has 1 saturated heterocycles. The van der Waals surface area contributed by atoms with E-state index in [1.165, 1.54) is 12.1 Å². The van der Waals surface area contributed by atoms with Gasteiger partial charge in [0.1, 0.15) is 17.4 Å². The van der Waals surface area contributed by atoms with Crippen LogP contribution in [0.1, 0.15) is 55.7 Å². The Balaban J connectivity index is 1.37. The van der Waals surface area contributed by atoms with E-state index in [4.69, 9.17) is 5.10 Å². The smallest absolute Gasteiger partial charge is 0.225 e. The fourth-order valence-corrected chi connectivity index (χ4v) is 7.31. The molecule has 42 heavy (non-hydrogen) atoms. The first-order valence-corrected chi connectivity index (χ1v) is 16.2. The summed E-state index contributed by atoms with van der Waals surface area (Å²) in [5, 5.41) is 26.9. The van der Waals surface area contributed by atoms with Crippen LogP contribution in [0.5, 0.6) is 0 Å². The number of amides is 1. The fraction of sp³-hybridized carbons (Fsp3) is 0.419. The molecule has 1 aromatic heterocycles. The Morgan fingerprint density at radius 1 is 1.05 bits per heavy atom.